The second-order valence-corrected chi connectivity index (χ2v) is 4.13. The van der Waals surface area contributed by atoms with Crippen molar-refractivity contribution in [1.82, 2.24) is 5.32 Å². The SMILES string of the molecule is Cc1ccc(CN/C(N)=[NH+]\[O-])c(I)c1. The van der Waals surface area contributed by atoms with Gasteiger partial charge >= 0.3 is 5.96 Å². The molecular formula is C9H12IN3O. The molecule has 14 heavy (non-hydrogen) atoms. The fourth-order valence-corrected chi connectivity index (χ4v) is 1.88. The van der Waals surface area contributed by atoms with Crippen LogP contribution in [0, 0.1) is 15.7 Å². The minimum atomic E-state index is 0.0429. The van der Waals surface area contributed by atoms with Crippen molar-refractivity contribution in [2.45, 2.75) is 13.5 Å². The van der Waals surface area contributed by atoms with Gasteiger partial charge in [-0.1, -0.05) is 17.7 Å². The number of benzene rings is 1. The molecule has 0 amide bonds. The molecule has 0 fully saturated rings. The highest BCUT2D eigenvalue weighted by atomic mass is 127. The van der Waals surface area contributed by atoms with E-state index in [9.17, 15) is 5.21 Å². The first-order valence-corrected chi connectivity index (χ1v) is 5.21. The highest BCUT2D eigenvalue weighted by molar-refractivity contribution is 14.1. The molecule has 1 aromatic carbocycles. The number of rotatable bonds is 2. The maximum atomic E-state index is 10.1. The molecular weight excluding hydrogens is 293 g/mol. The Kier molecular flexibility index (Phi) is 3.99. The van der Waals surface area contributed by atoms with E-state index in [4.69, 9.17) is 5.73 Å². The van der Waals surface area contributed by atoms with E-state index in [1.807, 2.05) is 19.1 Å². The smallest absolute Gasteiger partial charge is 0.341 e. The molecule has 0 atom stereocenters. The fraction of sp³-hybridized carbons (Fsp3) is 0.222. The van der Waals surface area contributed by atoms with E-state index >= 15 is 0 Å². The molecule has 0 saturated heterocycles. The van der Waals surface area contributed by atoms with Crippen LogP contribution in [0.3, 0.4) is 0 Å². The van der Waals surface area contributed by atoms with Gasteiger partial charge in [0.15, 0.2) is 0 Å². The standard InChI is InChI=1S/C9H12IN3O/c1-6-2-3-7(8(10)4-6)5-12-9(11)13-14/h2-4,12-13H,5,11H2,1H3/b13-9-. The second kappa shape index (κ2) is 5.04. The van der Waals surface area contributed by atoms with E-state index in [2.05, 4.69) is 34.0 Å². The average Bonchev–Trinajstić information content (AvgIpc) is 2.16. The summed E-state index contributed by atoms with van der Waals surface area (Å²) in [5, 5.41) is 14.5. The summed E-state index contributed by atoms with van der Waals surface area (Å²) in [7, 11) is 0. The first-order valence-electron chi connectivity index (χ1n) is 4.13. The Morgan fingerprint density at radius 1 is 1.64 bits per heavy atom. The predicted molar refractivity (Wildman–Crippen MR) is 64.3 cm³/mol. The number of nitrogens with one attached hydrogen (secondary N) is 2. The summed E-state index contributed by atoms with van der Waals surface area (Å²) >= 11 is 2.26. The van der Waals surface area contributed by atoms with E-state index < -0.39 is 0 Å². The van der Waals surface area contributed by atoms with Gasteiger partial charge in [-0.05, 0) is 41.1 Å². The van der Waals surface area contributed by atoms with Gasteiger partial charge in [0.05, 0.1) is 6.54 Å². The Labute approximate surface area is 96.3 Å². The summed E-state index contributed by atoms with van der Waals surface area (Å²) in [6, 6.07) is 6.13. The number of guanidine groups is 1. The van der Waals surface area contributed by atoms with Crippen molar-refractivity contribution in [3.8, 4) is 0 Å². The first kappa shape index (κ1) is 11.1. The Hall–Kier alpha value is -0.980. The second-order valence-electron chi connectivity index (χ2n) is 2.96. The van der Waals surface area contributed by atoms with Crippen molar-refractivity contribution in [3.63, 3.8) is 0 Å². The van der Waals surface area contributed by atoms with Gasteiger partial charge in [-0.25, -0.2) is 0 Å². The van der Waals surface area contributed by atoms with E-state index in [0.29, 0.717) is 6.54 Å². The average molecular weight is 305 g/mol. The summed E-state index contributed by atoms with van der Waals surface area (Å²) in [4.78, 5) is 0. The van der Waals surface area contributed by atoms with Crippen LogP contribution in [0.4, 0.5) is 0 Å². The van der Waals surface area contributed by atoms with E-state index in [1.54, 1.807) is 5.16 Å². The van der Waals surface area contributed by atoms with E-state index in [0.717, 1.165) is 9.13 Å². The van der Waals surface area contributed by atoms with Crippen molar-refractivity contribution in [2.24, 2.45) is 5.73 Å². The molecule has 0 bridgehead atoms. The van der Waals surface area contributed by atoms with Crippen LogP contribution < -0.4 is 16.2 Å². The molecule has 4 N–H and O–H groups in total. The quantitative estimate of drug-likeness (QED) is 0.228. The van der Waals surface area contributed by atoms with Gasteiger partial charge in [-0.15, -0.1) is 0 Å². The van der Waals surface area contributed by atoms with Gasteiger partial charge < -0.3 is 5.21 Å². The molecule has 1 aromatic rings. The third-order valence-corrected chi connectivity index (χ3v) is 2.79. The molecule has 0 saturated carbocycles. The zero-order chi connectivity index (χ0) is 10.6. The molecule has 0 radical (unpaired) electrons. The lowest BCUT2D eigenvalue weighted by molar-refractivity contribution is -0.377. The van der Waals surface area contributed by atoms with Crippen molar-refractivity contribution in [3.05, 3.63) is 38.1 Å². The van der Waals surface area contributed by atoms with Crippen molar-refractivity contribution >= 4 is 28.6 Å². The van der Waals surface area contributed by atoms with E-state index in [1.165, 1.54) is 5.56 Å². The van der Waals surface area contributed by atoms with Crippen LogP contribution in [0.15, 0.2) is 18.2 Å². The molecule has 0 aliphatic carbocycles. The van der Waals surface area contributed by atoms with Gasteiger partial charge in [0.1, 0.15) is 0 Å². The van der Waals surface area contributed by atoms with Crippen LogP contribution in [-0.2, 0) is 6.54 Å². The van der Waals surface area contributed by atoms with Gasteiger partial charge in [-0.2, -0.15) is 0 Å². The maximum absolute atomic E-state index is 10.1. The van der Waals surface area contributed by atoms with Crippen LogP contribution in [0.1, 0.15) is 11.1 Å². The largest absolute Gasteiger partial charge is 0.747 e. The van der Waals surface area contributed by atoms with Crippen molar-refractivity contribution in [1.29, 1.82) is 0 Å². The monoisotopic (exact) mass is 305 g/mol. The number of aryl methyl sites for hydroxylation is 1. The van der Waals surface area contributed by atoms with Crippen molar-refractivity contribution < 1.29 is 5.16 Å². The van der Waals surface area contributed by atoms with Crippen LogP contribution in [-0.4, -0.2) is 5.96 Å². The zero-order valence-corrected chi connectivity index (χ0v) is 9.96. The Bertz CT molecular complexity index is 352. The minimum absolute atomic E-state index is 0.0429. The number of hydrogen-bond donors (Lipinski definition) is 3. The predicted octanol–water partition coefficient (Wildman–Crippen LogP) is -0.418. The summed E-state index contributed by atoms with van der Waals surface area (Å²) in [6.07, 6.45) is 0. The van der Waals surface area contributed by atoms with Gasteiger partial charge in [0.2, 0.25) is 0 Å². The molecule has 5 heteroatoms. The third kappa shape index (κ3) is 3.06. The molecule has 0 aromatic heterocycles. The molecule has 0 unspecified atom stereocenters. The fourth-order valence-electron chi connectivity index (χ4n) is 1.02. The summed E-state index contributed by atoms with van der Waals surface area (Å²) in [5.74, 6) is 0.0429. The highest BCUT2D eigenvalue weighted by Crippen LogP contribution is 2.13. The van der Waals surface area contributed by atoms with Crippen LogP contribution in [0.2, 0.25) is 0 Å². The normalized spacial score (nSPS) is 11.4. The van der Waals surface area contributed by atoms with Crippen molar-refractivity contribution in [2.75, 3.05) is 0 Å². The number of nitrogens with two attached hydrogens (primary N) is 1. The molecule has 76 valence electrons. The molecule has 0 spiro atoms. The lowest BCUT2D eigenvalue weighted by Gasteiger charge is -2.04. The Morgan fingerprint density at radius 2 is 2.36 bits per heavy atom. The van der Waals surface area contributed by atoms with Gasteiger partial charge in [0, 0.05) is 3.57 Å². The van der Waals surface area contributed by atoms with E-state index in [-0.39, 0.29) is 5.96 Å². The molecule has 0 aliphatic heterocycles. The lowest BCUT2D eigenvalue weighted by Crippen LogP contribution is -2.72. The van der Waals surface area contributed by atoms with Crippen LogP contribution in [0.5, 0.6) is 0 Å². The third-order valence-electron chi connectivity index (χ3n) is 1.79. The maximum Gasteiger partial charge on any atom is 0.341 e. The first-order chi connectivity index (χ1) is 6.63. The zero-order valence-electron chi connectivity index (χ0n) is 7.80. The topological polar surface area (TPSA) is 75.1 Å². The summed E-state index contributed by atoms with van der Waals surface area (Å²) in [5.41, 5.74) is 7.62. The number of hydrogen-bond acceptors (Lipinski definition) is 1. The molecule has 1 rings (SSSR count). The van der Waals surface area contributed by atoms with Crippen LogP contribution >= 0.6 is 22.6 Å². The highest BCUT2D eigenvalue weighted by Gasteiger charge is 2.02. The minimum Gasteiger partial charge on any atom is -0.747 e. The number of halogens is 1. The molecule has 4 nitrogen and oxygen atoms in total. The van der Waals surface area contributed by atoms with Gasteiger partial charge in [-0.3, -0.25) is 16.2 Å². The van der Waals surface area contributed by atoms with Crippen LogP contribution in [0.25, 0.3) is 0 Å². The Morgan fingerprint density at radius 3 is 2.93 bits per heavy atom. The van der Waals surface area contributed by atoms with Gasteiger partial charge in [0.25, 0.3) is 0 Å². The summed E-state index contributed by atoms with van der Waals surface area (Å²) < 4.78 is 1.16. The molecule has 0 aliphatic rings. The molecule has 0 heterocycles. The Balaban J connectivity index is 2.68. The summed E-state index contributed by atoms with van der Waals surface area (Å²) in [6.45, 7) is 2.60. The lowest BCUT2D eigenvalue weighted by atomic mass is 10.1.